The Morgan fingerprint density at radius 1 is 1.50 bits per heavy atom. The highest BCUT2D eigenvalue weighted by Crippen LogP contribution is 2.29. The Morgan fingerprint density at radius 3 is 2.71 bits per heavy atom. The van der Waals surface area contributed by atoms with Crippen LogP contribution in [-0.4, -0.2) is 29.9 Å². The van der Waals surface area contributed by atoms with Crippen molar-refractivity contribution < 1.29 is 24.5 Å². The van der Waals surface area contributed by atoms with Gasteiger partial charge >= 0.3 is 5.97 Å². The Balaban J connectivity index is 2.73. The topological polar surface area (TPSA) is 76.0 Å². The molecule has 0 atom stereocenters. The fourth-order valence-electron chi connectivity index (χ4n) is 0.886. The van der Waals surface area contributed by atoms with Gasteiger partial charge in [0.05, 0.1) is 7.11 Å². The molecule has 0 aliphatic carbocycles. The number of carbonyl (C=O) groups is 1. The summed E-state index contributed by atoms with van der Waals surface area (Å²) in [6, 6.07) is 4.35. The van der Waals surface area contributed by atoms with E-state index in [0.717, 1.165) is 0 Å². The maximum absolute atomic E-state index is 10.2. The molecule has 0 aromatic heterocycles. The molecule has 1 aromatic rings. The highest BCUT2D eigenvalue weighted by atomic mass is 16.5. The second-order valence-corrected chi connectivity index (χ2v) is 2.52. The predicted molar refractivity (Wildman–Crippen MR) is 47.8 cm³/mol. The first-order chi connectivity index (χ1) is 6.63. The Kier molecular flexibility index (Phi) is 3.17. The largest absolute Gasteiger partial charge is 0.504 e. The molecule has 14 heavy (non-hydrogen) atoms. The summed E-state index contributed by atoms with van der Waals surface area (Å²) < 4.78 is 9.64. The standard InChI is InChI=1S/C9H10O5/c1-13-6-2-3-8(7(10)4-6)14-5-9(11)12/h2-4,10H,5H2,1H3,(H,11,12). The molecule has 5 nitrogen and oxygen atoms in total. The smallest absolute Gasteiger partial charge is 0.341 e. The van der Waals surface area contributed by atoms with Crippen molar-refractivity contribution in [3.8, 4) is 17.2 Å². The van der Waals surface area contributed by atoms with E-state index in [2.05, 4.69) is 0 Å². The lowest BCUT2D eigenvalue weighted by molar-refractivity contribution is -0.139. The number of aliphatic carboxylic acids is 1. The number of aromatic hydroxyl groups is 1. The van der Waals surface area contributed by atoms with Crippen LogP contribution in [0.5, 0.6) is 17.2 Å². The van der Waals surface area contributed by atoms with Crippen LogP contribution in [0, 0.1) is 0 Å². The third kappa shape index (κ3) is 2.55. The number of phenolic OH excluding ortho intramolecular Hbond substituents is 1. The zero-order valence-corrected chi connectivity index (χ0v) is 7.56. The van der Waals surface area contributed by atoms with Gasteiger partial charge in [0.15, 0.2) is 18.1 Å². The molecule has 0 amide bonds. The summed E-state index contributed by atoms with van der Waals surface area (Å²) in [6.45, 7) is -0.486. The molecular weight excluding hydrogens is 188 g/mol. The van der Waals surface area contributed by atoms with Crippen LogP contribution in [0.4, 0.5) is 0 Å². The number of carboxylic acid groups (broad SMARTS) is 1. The van der Waals surface area contributed by atoms with Gasteiger partial charge in [0.1, 0.15) is 5.75 Å². The van der Waals surface area contributed by atoms with Crippen LogP contribution < -0.4 is 9.47 Å². The third-order valence-electron chi connectivity index (χ3n) is 1.52. The lowest BCUT2D eigenvalue weighted by Gasteiger charge is -2.06. The maximum Gasteiger partial charge on any atom is 0.341 e. The summed E-state index contributed by atoms with van der Waals surface area (Å²) in [5.41, 5.74) is 0. The highest BCUT2D eigenvalue weighted by Gasteiger charge is 2.05. The number of methoxy groups -OCH3 is 1. The molecule has 0 fully saturated rings. The van der Waals surface area contributed by atoms with Gasteiger partial charge in [-0.1, -0.05) is 0 Å². The van der Waals surface area contributed by atoms with E-state index in [4.69, 9.17) is 14.6 Å². The summed E-state index contributed by atoms with van der Waals surface area (Å²) in [6.07, 6.45) is 0. The Labute approximate surface area is 80.5 Å². The fraction of sp³-hybridized carbons (Fsp3) is 0.222. The summed E-state index contributed by atoms with van der Waals surface area (Å²) in [5.74, 6) is -0.649. The van der Waals surface area contributed by atoms with E-state index in [1.54, 1.807) is 6.07 Å². The Hall–Kier alpha value is -1.91. The second-order valence-electron chi connectivity index (χ2n) is 2.52. The first kappa shape index (κ1) is 10.2. The number of hydrogen-bond acceptors (Lipinski definition) is 4. The molecule has 0 spiro atoms. The van der Waals surface area contributed by atoms with Gasteiger partial charge in [-0.2, -0.15) is 0 Å². The molecule has 2 N–H and O–H groups in total. The van der Waals surface area contributed by atoms with Gasteiger partial charge in [-0.05, 0) is 12.1 Å². The molecule has 0 radical (unpaired) electrons. The van der Waals surface area contributed by atoms with Crippen LogP contribution in [0.3, 0.4) is 0 Å². The molecule has 0 saturated heterocycles. The van der Waals surface area contributed by atoms with Crippen molar-refractivity contribution in [2.75, 3.05) is 13.7 Å². The summed E-state index contributed by atoms with van der Waals surface area (Å²) in [4.78, 5) is 10.2. The quantitative estimate of drug-likeness (QED) is 0.750. The predicted octanol–water partition coefficient (Wildman–Crippen LogP) is 0.864. The number of phenols is 1. The lowest BCUT2D eigenvalue weighted by atomic mass is 10.3. The average Bonchev–Trinajstić information content (AvgIpc) is 2.15. The molecule has 1 rings (SSSR count). The Morgan fingerprint density at radius 2 is 2.21 bits per heavy atom. The van der Waals surface area contributed by atoms with Crippen molar-refractivity contribution in [1.82, 2.24) is 0 Å². The van der Waals surface area contributed by atoms with E-state index >= 15 is 0 Å². The van der Waals surface area contributed by atoms with Gasteiger partial charge < -0.3 is 19.7 Å². The minimum Gasteiger partial charge on any atom is -0.504 e. The molecule has 0 saturated carbocycles. The fourth-order valence-corrected chi connectivity index (χ4v) is 0.886. The molecule has 0 aliphatic rings. The van der Waals surface area contributed by atoms with Gasteiger partial charge in [-0.3, -0.25) is 0 Å². The van der Waals surface area contributed by atoms with Crippen molar-refractivity contribution in [3.05, 3.63) is 18.2 Å². The van der Waals surface area contributed by atoms with Crippen LogP contribution in [0.1, 0.15) is 0 Å². The van der Waals surface area contributed by atoms with Crippen molar-refractivity contribution >= 4 is 5.97 Å². The summed E-state index contributed by atoms with van der Waals surface area (Å²) >= 11 is 0. The molecule has 0 bridgehead atoms. The zero-order chi connectivity index (χ0) is 10.6. The number of rotatable bonds is 4. The second kappa shape index (κ2) is 4.36. The van der Waals surface area contributed by atoms with E-state index in [1.807, 2.05) is 0 Å². The first-order valence-corrected chi connectivity index (χ1v) is 3.85. The van der Waals surface area contributed by atoms with E-state index in [-0.39, 0.29) is 11.5 Å². The van der Waals surface area contributed by atoms with Crippen LogP contribution in [0.15, 0.2) is 18.2 Å². The van der Waals surface area contributed by atoms with Crippen molar-refractivity contribution in [1.29, 1.82) is 0 Å². The maximum atomic E-state index is 10.2. The van der Waals surface area contributed by atoms with E-state index < -0.39 is 12.6 Å². The molecule has 0 heterocycles. The van der Waals surface area contributed by atoms with Gasteiger partial charge in [0.25, 0.3) is 0 Å². The summed E-state index contributed by atoms with van der Waals surface area (Å²) in [7, 11) is 1.46. The zero-order valence-electron chi connectivity index (χ0n) is 7.56. The van der Waals surface area contributed by atoms with Crippen molar-refractivity contribution in [3.63, 3.8) is 0 Å². The SMILES string of the molecule is COc1ccc(OCC(=O)O)c(O)c1. The van der Waals surface area contributed by atoms with E-state index in [1.165, 1.54) is 19.2 Å². The summed E-state index contributed by atoms with van der Waals surface area (Å²) in [5, 5.41) is 17.7. The minimum atomic E-state index is -1.10. The van der Waals surface area contributed by atoms with Gasteiger partial charge in [-0.15, -0.1) is 0 Å². The van der Waals surface area contributed by atoms with Crippen molar-refractivity contribution in [2.45, 2.75) is 0 Å². The van der Waals surface area contributed by atoms with Gasteiger partial charge in [0, 0.05) is 6.07 Å². The van der Waals surface area contributed by atoms with Crippen LogP contribution in [0.2, 0.25) is 0 Å². The van der Waals surface area contributed by atoms with Crippen molar-refractivity contribution in [2.24, 2.45) is 0 Å². The molecule has 0 aliphatic heterocycles. The Bertz CT molecular complexity index is 334. The molecule has 0 unspecified atom stereocenters. The third-order valence-corrected chi connectivity index (χ3v) is 1.52. The van der Waals surface area contributed by atoms with Crippen LogP contribution >= 0.6 is 0 Å². The number of hydrogen-bond donors (Lipinski definition) is 2. The van der Waals surface area contributed by atoms with E-state index in [0.29, 0.717) is 5.75 Å². The molecule has 5 heteroatoms. The number of ether oxygens (including phenoxy) is 2. The van der Waals surface area contributed by atoms with Crippen LogP contribution in [-0.2, 0) is 4.79 Å². The number of benzene rings is 1. The average molecular weight is 198 g/mol. The number of carboxylic acids is 1. The molecule has 76 valence electrons. The van der Waals surface area contributed by atoms with Crippen LogP contribution in [0.25, 0.3) is 0 Å². The molecule has 1 aromatic carbocycles. The lowest BCUT2D eigenvalue weighted by Crippen LogP contribution is -2.09. The van der Waals surface area contributed by atoms with Gasteiger partial charge in [-0.25, -0.2) is 4.79 Å². The monoisotopic (exact) mass is 198 g/mol. The van der Waals surface area contributed by atoms with Gasteiger partial charge in [0.2, 0.25) is 0 Å². The first-order valence-electron chi connectivity index (χ1n) is 3.85. The van der Waals surface area contributed by atoms with E-state index in [9.17, 15) is 9.90 Å². The molecular formula is C9H10O5. The minimum absolute atomic E-state index is 0.119. The normalized spacial score (nSPS) is 9.50. The highest BCUT2D eigenvalue weighted by molar-refractivity contribution is 5.68.